The lowest BCUT2D eigenvalue weighted by Crippen LogP contribution is -2.53. The Bertz CT molecular complexity index is 1240. The average molecular weight is 517 g/mol. The van der Waals surface area contributed by atoms with E-state index in [1.54, 1.807) is 0 Å². The number of sulfone groups is 1. The lowest BCUT2D eigenvalue weighted by Gasteiger charge is -2.42. The van der Waals surface area contributed by atoms with Gasteiger partial charge in [-0.3, -0.25) is 4.79 Å². The molecule has 184 valence electrons. The zero-order valence-electron chi connectivity index (χ0n) is 18.2. The smallest absolute Gasteiger partial charge is 0.255 e. The molecule has 0 radical (unpaired) electrons. The average Bonchev–Trinajstić information content (AvgIpc) is 2.90. The molecule has 2 aromatic rings. The minimum atomic E-state index is -3.98. The molecule has 0 spiro atoms. The molecule has 2 aliphatic rings. The molecule has 2 aliphatic carbocycles. The van der Waals surface area contributed by atoms with E-state index in [0.717, 1.165) is 6.07 Å². The lowest BCUT2D eigenvalue weighted by molar-refractivity contribution is -0.0549. The SMILES string of the molecule is CC1CC2C[C@@H](S(=O)(=O)c3cc(C(=O)Nc4cc(F)c(F)c(F)c4)ccc3Cl)CC1[C@]2(O)CN. The molecule has 0 heterocycles. The van der Waals surface area contributed by atoms with Crippen molar-refractivity contribution in [3.05, 3.63) is 58.4 Å². The van der Waals surface area contributed by atoms with Crippen molar-refractivity contribution in [1.29, 1.82) is 0 Å². The van der Waals surface area contributed by atoms with Crippen molar-refractivity contribution in [2.75, 3.05) is 11.9 Å². The molecule has 11 heteroatoms. The lowest BCUT2D eigenvalue weighted by atomic mass is 9.73. The minimum Gasteiger partial charge on any atom is -0.388 e. The van der Waals surface area contributed by atoms with Gasteiger partial charge in [0.05, 0.1) is 20.8 Å². The zero-order chi connectivity index (χ0) is 25.0. The number of benzene rings is 2. The third kappa shape index (κ3) is 4.10. The predicted molar refractivity (Wildman–Crippen MR) is 121 cm³/mol. The highest BCUT2D eigenvalue weighted by atomic mass is 35.5. The Kier molecular flexibility index (Phi) is 6.48. The maximum Gasteiger partial charge on any atom is 0.255 e. The van der Waals surface area contributed by atoms with E-state index in [1.807, 2.05) is 6.92 Å². The summed E-state index contributed by atoms with van der Waals surface area (Å²) in [4.78, 5) is 12.4. The number of nitrogens with one attached hydrogen (secondary N) is 1. The van der Waals surface area contributed by atoms with Gasteiger partial charge in [0.25, 0.3) is 5.91 Å². The van der Waals surface area contributed by atoms with Gasteiger partial charge in [-0.05, 0) is 55.2 Å². The van der Waals surface area contributed by atoms with Gasteiger partial charge in [0, 0.05) is 29.9 Å². The Morgan fingerprint density at radius 3 is 2.41 bits per heavy atom. The van der Waals surface area contributed by atoms with Crippen LogP contribution in [0.15, 0.2) is 35.2 Å². The molecular weight excluding hydrogens is 493 g/mol. The zero-order valence-corrected chi connectivity index (χ0v) is 19.8. The van der Waals surface area contributed by atoms with E-state index in [9.17, 15) is 31.5 Å². The molecule has 3 unspecified atom stereocenters. The Morgan fingerprint density at radius 1 is 1.18 bits per heavy atom. The van der Waals surface area contributed by atoms with Crippen LogP contribution in [0, 0.1) is 35.2 Å². The molecule has 5 atom stereocenters. The first kappa shape index (κ1) is 25.0. The summed E-state index contributed by atoms with van der Waals surface area (Å²) in [5.74, 6) is -5.91. The fraction of sp³-hybridized carbons (Fsp3) is 0.435. The van der Waals surface area contributed by atoms with E-state index in [0.29, 0.717) is 18.6 Å². The first-order chi connectivity index (χ1) is 15.9. The Hall–Kier alpha value is -2.14. The van der Waals surface area contributed by atoms with Crippen molar-refractivity contribution in [2.45, 2.75) is 41.9 Å². The number of halogens is 4. The van der Waals surface area contributed by atoms with Crippen LogP contribution in [0.2, 0.25) is 5.02 Å². The van der Waals surface area contributed by atoms with Crippen molar-refractivity contribution >= 4 is 33.0 Å². The molecule has 34 heavy (non-hydrogen) atoms. The largest absolute Gasteiger partial charge is 0.388 e. The number of nitrogens with two attached hydrogens (primary N) is 1. The fourth-order valence-corrected chi connectivity index (χ4v) is 7.87. The van der Waals surface area contributed by atoms with E-state index >= 15 is 0 Å². The van der Waals surface area contributed by atoms with Gasteiger partial charge in [0.1, 0.15) is 0 Å². The minimum absolute atomic E-state index is 0.0560. The highest BCUT2D eigenvalue weighted by molar-refractivity contribution is 7.92. The van der Waals surface area contributed by atoms with E-state index in [4.69, 9.17) is 17.3 Å². The molecule has 0 aliphatic heterocycles. The maximum atomic E-state index is 13.5. The normalized spacial score (nSPS) is 28.7. The molecular formula is C23H24ClF3N2O4S. The van der Waals surface area contributed by atoms with Crippen molar-refractivity contribution in [3.8, 4) is 0 Å². The maximum absolute atomic E-state index is 13.5. The summed E-state index contributed by atoms with van der Waals surface area (Å²) in [6.07, 6.45) is 1.11. The van der Waals surface area contributed by atoms with Crippen molar-refractivity contribution in [2.24, 2.45) is 23.5 Å². The number of carbonyl (C=O) groups is 1. The number of amides is 1. The van der Waals surface area contributed by atoms with E-state index < -0.39 is 44.0 Å². The summed E-state index contributed by atoms with van der Waals surface area (Å²) in [5, 5.41) is 12.3. The van der Waals surface area contributed by atoms with Gasteiger partial charge in [0.2, 0.25) is 0 Å². The van der Waals surface area contributed by atoms with Gasteiger partial charge in [-0.15, -0.1) is 0 Å². The molecule has 2 bridgehead atoms. The van der Waals surface area contributed by atoms with Crippen LogP contribution in [0.1, 0.15) is 36.5 Å². The number of hydrogen-bond donors (Lipinski definition) is 3. The van der Waals surface area contributed by atoms with Crippen molar-refractivity contribution in [1.82, 2.24) is 0 Å². The molecule has 6 nitrogen and oxygen atoms in total. The van der Waals surface area contributed by atoms with Crippen LogP contribution in [0.4, 0.5) is 18.9 Å². The number of carbonyl (C=O) groups excluding carboxylic acids is 1. The van der Waals surface area contributed by atoms with Crippen molar-refractivity contribution in [3.63, 3.8) is 0 Å². The highest BCUT2D eigenvalue weighted by Gasteiger charge is 2.57. The topological polar surface area (TPSA) is 109 Å². The van der Waals surface area contributed by atoms with Crippen LogP contribution in [0.5, 0.6) is 0 Å². The van der Waals surface area contributed by atoms with Gasteiger partial charge >= 0.3 is 0 Å². The molecule has 1 amide bonds. The standard InChI is InChI=1S/C23H24ClF3N2O4S/c1-11-4-13-6-15(9-16(11)23(13,31)10-28)34(32,33)20-5-12(2-3-17(20)24)22(30)29-14-7-18(25)21(27)19(26)8-14/h2-3,5,7-8,11,13,15-16,31H,4,6,9-10,28H2,1H3,(H,29,30)/t11?,13?,15-,16?,23+/m1/s1. The van der Waals surface area contributed by atoms with Gasteiger partial charge in [-0.2, -0.15) is 0 Å². The summed E-state index contributed by atoms with van der Waals surface area (Å²) >= 11 is 6.20. The van der Waals surface area contributed by atoms with Crippen LogP contribution >= 0.6 is 11.6 Å². The third-order valence-corrected chi connectivity index (χ3v) is 9.92. The summed E-state index contributed by atoms with van der Waals surface area (Å²) < 4.78 is 67.1. The summed E-state index contributed by atoms with van der Waals surface area (Å²) in [7, 11) is -3.98. The summed E-state index contributed by atoms with van der Waals surface area (Å²) in [6.45, 7) is 2.03. The fourth-order valence-electron chi connectivity index (χ4n) is 5.49. The van der Waals surface area contributed by atoms with Crippen LogP contribution in [-0.2, 0) is 9.84 Å². The second-order valence-electron chi connectivity index (χ2n) is 9.20. The Morgan fingerprint density at radius 2 is 1.82 bits per heavy atom. The second-order valence-corrected chi connectivity index (χ2v) is 11.8. The van der Waals surface area contributed by atoms with Gasteiger partial charge < -0.3 is 16.2 Å². The molecule has 2 saturated carbocycles. The van der Waals surface area contributed by atoms with Crippen LogP contribution in [0.25, 0.3) is 0 Å². The van der Waals surface area contributed by atoms with Gasteiger partial charge in [-0.1, -0.05) is 18.5 Å². The number of aliphatic hydroxyl groups is 1. The molecule has 4 rings (SSSR count). The Balaban J connectivity index is 1.61. The first-order valence-corrected chi connectivity index (χ1v) is 12.7. The first-order valence-electron chi connectivity index (χ1n) is 10.8. The molecule has 4 N–H and O–H groups in total. The number of fused-ring (bicyclic) bond motifs is 2. The van der Waals surface area contributed by atoms with Crippen LogP contribution in [-0.4, -0.2) is 36.8 Å². The van der Waals surface area contributed by atoms with Crippen molar-refractivity contribution < 1.29 is 31.5 Å². The Labute approximate surface area is 200 Å². The van der Waals surface area contributed by atoms with Crippen LogP contribution in [0.3, 0.4) is 0 Å². The van der Waals surface area contributed by atoms with E-state index in [1.165, 1.54) is 12.1 Å². The van der Waals surface area contributed by atoms with Gasteiger partial charge in [0.15, 0.2) is 27.3 Å². The van der Waals surface area contributed by atoms with Crippen LogP contribution < -0.4 is 11.1 Å². The quantitative estimate of drug-likeness (QED) is 0.522. The number of hydrogen-bond acceptors (Lipinski definition) is 5. The second kappa shape index (κ2) is 8.82. The van der Waals surface area contributed by atoms with E-state index in [2.05, 4.69) is 5.32 Å². The predicted octanol–water partition coefficient (Wildman–Crippen LogP) is 3.91. The molecule has 0 aromatic heterocycles. The summed E-state index contributed by atoms with van der Waals surface area (Å²) in [5.41, 5.74) is 4.27. The summed E-state index contributed by atoms with van der Waals surface area (Å²) in [6, 6.07) is 4.86. The molecule has 2 aromatic carbocycles. The number of anilines is 1. The monoisotopic (exact) mass is 516 g/mol. The van der Waals surface area contributed by atoms with E-state index in [-0.39, 0.29) is 58.3 Å². The molecule has 2 fully saturated rings. The third-order valence-electron chi connectivity index (χ3n) is 7.26. The molecule has 0 saturated heterocycles. The highest BCUT2D eigenvalue weighted by Crippen LogP contribution is 2.54. The van der Waals surface area contributed by atoms with Gasteiger partial charge in [-0.25, -0.2) is 21.6 Å². The number of rotatable bonds is 5.